The van der Waals surface area contributed by atoms with Gasteiger partial charge in [-0.3, -0.25) is 29.5 Å². The first-order valence-electron chi connectivity index (χ1n) is 13.6. The average Bonchev–Trinajstić information content (AvgIpc) is 3.06. The summed E-state index contributed by atoms with van der Waals surface area (Å²) < 4.78 is 11.1. The minimum atomic E-state index is -0.310. The number of hydrogen-bond donors (Lipinski definition) is 2. The second kappa shape index (κ2) is 16.4. The fraction of sp³-hybridized carbons (Fsp3) is 0.0909. The Balaban J connectivity index is 0.000000208. The number of pyridine rings is 4. The molecule has 6 rings (SSSR count). The van der Waals surface area contributed by atoms with Crippen molar-refractivity contribution < 1.29 is 19.1 Å². The van der Waals surface area contributed by atoms with Gasteiger partial charge < -0.3 is 20.1 Å². The van der Waals surface area contributed by atoms with Gasteiger partial charge in [0.15, 0.2) is 11.5 Å². The Kier molecular flexibility index (Phi) is 11.6. The van der Waals surface area contributed by atoms with E-state index in [2.05, 4.69) is 50.5 Å². The number of amides is 2. The summed E-state index contributed by atoms with van der Waals surface area (Å²) in [7, 11) is 0. The molecular weight excluding hydrogens is 600 g/mol. The van der Waals surface area contributed by atoms with E-state index in [-0.39, 0.29) is 19.2 Å². The van der Waals surface area contributed by atoms with Crippen LogP contribution in [0.25, 0.3) is 0 Å². The molecule has 236 valence electrons. The Labute approximate surface area is 270 Å². The highest BCUT2D eigenvalue weighted by Crippen LogP contribution is 2.23. The van der Waals surface area contributed by atoms with Crippen molar-refractivity contribution in [3.05, 3.63) is 134 Å². The predicted octanol–water partition coefficient (Wildman–Crippen LogP) is 5.88. The molecule has 6 aromatic heterocycles. The molecule has 0 aliphatic rings. The number of hydrogen-bond acceptors (Lipinski definition) is 12. The molecule has 14 heteroatoms. The summed E-state index contributed by atoms with van der Waals surface area (Å²) in [5.41, 5.74) is 3.62. The van der Waals surface area contributed by atoms with Crippen LogP contribution < -0.4 is 20.1 Å². The van der Waals surface area contributed by atoms with Gasteiger partial charge in [-0.1, -0.05) is 7.43 Å². The fourth-order valence-electron chi connectivity index (χ4n) is 3.75. The number of aryl methyl sites for hydroxylation is 2. The first kappa shape index (κ1) is 33.2. The average molecular weight is 631 g/mol. The Hall–Kier alpha value is -6.70. The van der Waals surface area contributed by atoms with E-state index in [0.717, 1.165) is 11.1 Å². The second-order valence-corrected chi connectivity index (χ2v) is 9.52. The number of rotatable bonds is 8. The maximum atomic E-state index is 12.2. The predicted molar refractivity (Wildman–Crippen MR) is 173 cm³/mol. The number of aromatic nitrogens is 8. The molecule has 0 saturated carbocycles. The van der Waals surface area contributed by atoms with E-state index in [1.807, 2.05) is 26.0 Å². The number of carbonyl (C=O) groups excluding carboxylic acids is 2. The molecule has 0 aromatic carbocycles. The topological polar surface area (TPSA) is 180 Å². The lowest BCUT2D eigenvalue weighted by atomic mass is 10.2. The maximum Gasteiger partial charge on any atom is 0.274 e. The minimum absolute atomic E-state index is 0. The summed E-state index contributed by atoms with van der Waals surface area (Å²) >= 11 is 0. The number of nitrogens with zero attached hydrogens (tertiary/aromatic N) is 8. The van der Waals surface area contributed by atoms with E-state index in [1.165, 1.54) is 62.2 Å². The van der Waals surface area contributed by atoms with Crippen molar-refractivity contribution in [1.29, 1.82) is 0 Å². The molecule has 0 unspecified atom stereocenters. The molecule has 0 aliphatic heterocycles. The van der Waals surface area contributed by atoms with Gasteiger partial charge >= 0.3 is 0 Å². The van der Waals surface area contributed by atoms with E-state index in [9.17, 15) is 9.59 Å². The number of anilines is 2. The normalized spacial score (nSPS) is 9.91. The van der Waals surface area contributed by atoms with Crippen molar-refractivity contribution in [3.63, 3.8) is 0 Å². The van der Waals surface area contributed by atoms with E-state index < -0.39 is 0 Å². The minimum Gasteiger partial charge on any atom is -0.452 e. The molecule has 0 saturated heterocycles. The van der Waals surface area contributed by atoms with Crippen LogP contribution in [0.3, 0.4) is 0 Å². The summed E-state index contributed by atoms with van der Waals surface area (Å²) in [6.45, 7) is 3.80. The summed E-state index contributed by atoms with van der Waals surface area (Å²) in [5.74, 6) is 1.28. The SMILES string of the molecule is C.Cc1ccnc(C(=O)Nc2cncc(Oc3cncnc3)c2)c1.Cc1ccnc(C(=O)Nc2cncc(Oc3cncnc3)c2)c1. The maximum absolute atomic E-state index is 12.2. The summed E-state index contributed by atoms with van der Waals surface area (Å²) in [6.07, 6.45) is 18.3. The van der Waals surface area contributed by atoms with Crippen molar-refractivity contribution >= 4 is 23.2 Å². The van der Waals surface area contributed by atoms with E-state index in [1.54, 1.807) is 36.7 Å². The highest BCUT2D eigenvalue weighted by atomic mass is 16.5. The second-order valence-electron chi connectivity index (χ2n) is 9.52. The molecule has 0 atom stereocenters. The smallest absolute Gasteiger partial charge is 0.274 e. The van der Waals surface area contributed by atoms with Crippen LogP contribution in [-0.4, -0.2) is 51.7 Å². The fourth-order valence-corrected chi connectivity index (χ4v) is 3.75. The third-order valence-corrected chi connectivity index (χ3v) is 5.78. The molecule has 6 aromatic rings. The van der Waals surface area contributed by atoms with Gasteiger partial charge in [0.25, 0.3) is 11.8 Å². The van der Waals surface area contributed by atoms with Crippen molar-refractivity contribution in [2.75, 3.05) is 10.6 Å². The van der Waals surface area contributed by atoms with Gasteiger partial charge in [0, 0.05) is 24.5 Å². The Morgan fingerprint density at radius 1 is 0.532 bits per heavy atom. The van der Waals surface area contributed by atoms with Crippen molar-refractivity contribution in [2.24, 2.45) is 0 Å². The monoisotopic (exact) mass is 630 g/mol. The molecule has 0 spiro atoms. The third kappa shape index (κ3) is 10.2. The van der Waals surface area contributed by atoms with Crippen molar-refractivity contribution in [1.82, 2.24) is 39.9 Å². The van der Waals surface area contributed by atoms with Crippen LogP contribution in [0.2, 0.25) is 0 Å². The molecule has 0 fully saturated rings. The van der Waals surface area contributed by atoms with Crippen molar-refractivity contribution in [2.45, 2.75) is 21.3 Å². The van der Waals surface area contributed by atoms with Crippen LogP contribution in [-0.2, 0) is 0 Å². The van der Waals surface area contributed by atoms with Gasteiger partial charge in [0.1, 0.15) is 35.5 Å². The molecule has 2 N–H and O–H groups in total. The van der Waals surface area contributed by atoms with Crippen LogP contribution in [0.15, 0.2) is 111 Å². The largest absolute Gasteiger partial charge is 0.452 e. The van der Waals surface area contributed by atoms with Crippen LogP contribution in [0.4, 0.5) is 11.4 Å². The van der Waals surface area contributed by atoms with Gasteiger partial charge in [-0.2, -0.15) is 0 Å². The van der Waals surface area contributed by atoms with E-state index in [4.69, 9.17) is 9.47 Å². The quantitative estimate of drug-likeness (QED) is 0.204. The van der Waals surface area contributed by atoms with Gasteiger partial charge in [-0.05, 0) is 49.2 Å². The first-order valence-corrected chi connectivity index (χ1v) is 13.6. The molecule has 14 nitrogen and oxygen atoms in total. The number of nitrogens with one attached hydrogen (secondary N) is 2. The molecule has 6 heterocycles. The highest BCUT2D eigenvalue weighted by molar-refractivity contribution is 6.03. The lowest BCUT2D eigenvalue weighted by Crippen LogP contribution is -2.13. The van der Waals surface area contributed by atoms with Crippen LogP contribution in [0.1, 0.15) is 39.5 Å². The lowest BCUT2D eigenvalue weighted by Gasteiger charge is -2.08. The van der Waals surface area contributed by atoms with E-state index in [0.29, 0.717) is 45.8 Å². The molecular formula is C33H30N10O4. The Morgan fingerprint density at radius 2 is 0.915 bits per heavy atom. The van der Waals surface area contributed by atoms with Gasteiger partial charge in [0.05, 0.1) is 60.9 Å². The Bertz CT molecular complexity index is 1790. The van der Waals surface area contributed by atoms with Gasteiger partial charge in [-0.15, -0.1) is 0 Å². The summed E-state index contributed by atoms with van der Waals surface area (Å²) in [4.78, 5) is 56.0. The molecule has 0 bridgehead atoms. The zero-order valence-corrected chi connectivity index (χ0v) is 24.6. The van der Waals surface area contributed by atoms with Crippen LogP contribution in [0.5, 0.6) is 23.0 Å². The van der Waals surface area contributed by atoms with Crippen LogP contribution >= 0.6 is 0 Å². The Morgan fingerprint density at radius 3 is 1.30 bits per heavy atom. The number of carbonyl (C=O) groups is 2. The molecule has 2 amide bonds. The zero-order chi connectivity index (χ0) is 32.1. The summed E-state index contributed by atoms with van der Waals surface area (Å²) in [6, 6.07) is 10.4. The molecule has 0 aliphatic carbocycles. The zero-order valence-electron chi connectivity index (χ0n) is 24.6. The van der Waals surface area contributed by atoms with Gasteiger partial charge in [-0.25, -0.2) is 19.9 Å². The standard InChI is InChI=1S/2C16H13N5O2.CH4/c2*1-11-2-3-20-15(4-11)16(22)21-12-5-13(7-17-6-12)23-14-8-18-10-19-9-14;/h2*2-10H,1H3,(H,21,22);1H4. The van der Waals surface area contributed by atoms with Crippen LogP contribution in [0, 0.1) is 13.8 Å². The third-order valence-electron chi connectivity index (χ3n) is 5.78. The van der Waals surface area contributed by atoms with Crippen molar-refractivity contribution in [3.8, 4) is 23.0 Å². The highest BCUT2D eigenvalue weighted by Gasteiger charge is 2.10. The number of ether oxygens (including phenoxy) is 2. The molecule has 0 radical (unpaired) electrons. The van der Waals surface area contributed by atoms with Gasteiger partial charge in [0.2, 0.25) is 0 Å². The molecule has 47 heavy (non-hydrogen) atoms. The lowest BCUT2D eigenvalue weighted by molar-refractivity contribution is 0.101. The summed E-state index contributed by atoms with van der Waals surface area (Å²) in [5, 5.41) is 5.47. The first-order chi connectivity index (χ1) is 22.4. The van der Waals surface area contributed by atoms with E-state index >= 15 is 0 Å².